The number of carbonyl (C=O) groups is 1. The van der Waals surface area contributed by atoms with Gasteiger partial charge < -0.3 is 15.1 Å². The lowest BCUT2D eigenvalue weighted by atomic mass is 10.2. The van der Waals surface area contributed by atoms with Crippen molar-refractivity contribution in [2.45, 2.75) is 19.4 Å². The Morgan fingerprint density at radius 1 is 1.47 bits per heavy atom. The molecule has 19 heavy (non-hydrogen) atoms. The van der Waals surface area contributed by atoms with Gasteiger partial charge in [0.05, 0.1) is 0 Å². The summed E-state index contributed by atoms with van der Waals surface area (Å²) in [5, 5.41) is 2.99. The molecule has 0 saturated carbocycles. The zero-order valence-electron chi connectivity index (χ0n) is 12.1. The lowest BCUT2D eigenvalue weighted by Crippen LogP contribution is -2.34. The highest BCUT2D eigenvalue weighted by atomic mass is 16.2. The molecule has 5 heteroatoms. The molecule has 1 N–H and O–H groups in total. The molecule has 1 atom stereocenters. The summed E-state index contributed by atoms with van der Waals surface area (Å²) in [6.07, 6.45) is 1.04. The van der Waals surface area contributed by atoms with Gasteiger partial charge in [0.2, 0.25) is 0 Å². The molecule has 1 amide bonds. The molecule has 1 saturated heterocycles. The van der Waals surface area contributed by atoms with E-state index in [0.717, 1.165) is 36.6 Å². The number of rotatable bonds is 3. The van der Waals surface area contributed by atoms with E-state index in [2.05, 4.69) is 29.3 Å². The van der Waals surface area contributed by atoms with E-state index in [1.54, 1.807) is 0 Å². The van der Waals surface area contributed by atoms with Crippen molar-refractivity contribution < 1.29 is 4.79 Å². The number of hydrogen-bond donors (Lipinski definition) is 1. The van der Waals surface area contributed by atoms with Gasteiger partial charge in [0.25, 0.3) is 5.91 Å². The minimum absolute atomic E-state index is 0.103. The number of aromatic nitrogens is 1. The fourth-order valence-electron chi connectivity index (χ4n) is 2.45. The van der Waals surface area contributed by atoms with Gasteiger partial charge in [0.15, 0.2) is 0 Å². The summed E-state index contributed by atoms with van der Waals surface area (Å²) in [6, 6.07) is 4.14. The molecule has 1 aliphatic rings. The Balaban J connectivity index is 2.14. The molecule has 1 aromatic rings. The number of aryl methyl sites for hydroxylation is 1. The van der Waals surface area contributed by atoms with Crippen LogP contribution in [0.4, 0.5) is 5.82 Å². The van der Waals surface area contributed by atoms with Crippen molar-refractivity contribution in [2.75, 3.05) is 39.5 Å². The first kappa shape index (κ1) is 13.8. The van der Waals surface area contributed by atoms with Crippen LogP contribution < -0.4 is 5.32 Å². The molecule has 5 nitrogen and oxygen atoms in total. The van der Waals surface area contributed by atoms with E-state index in [1.807, 2.05) is 31.0 Å². The lowest BCUT2D eigenvalue weighted by molar-refractivity contribution is 0.0783. The first-order valence-corrected chi connectivity index (χ1v) is 6.63. The van der Waals surface area contributed by atoms with Crippen molar-refractivity contribution in [3.05, 3.63) is 23.4 Å². The van der Waals surface area contributed by atoms with Gasteiger partial charge in [0.1, 0.15) is 5.82 Å². The molecule has 0 radical (unpaired) electrons. The lowest BCUT2D eigenvalue weighted by Gasteiger charge is -2.20. The third-order valence-corrected chi connectivity index (χ3v) is 3.64. The Hall–Kier alpha value is -1.62. The molecule has 1 fully saturated rings. The van der Waals surface area contributed by atoms with Gasteiger partial charge in [-0.2, -0.15) is 0 Å². The monoisotopic (exact) mass is 262 g/mol. The van der Waals surface area contributed by atoms with Gasteiger partial charge >= 0.3 is 0 Å². The standard InChI is InChI=1S/C14H22N4O/c1-10-7-11(8-13(15-2)16-10)14(19)18-6-5-12(9-18)17(3)4/h7-8,12H,5-6,9H2,1-4H3,(H,15,16). The van der Waals surface area contributed by atoms with Crippen LogP contribution in [-0.2, 0) is 0 Å². The average Bonchev–Trinajstić information content (AvgIpc) is 2.86. The summed E-state index contributed by atoms with van der Waals surface area (Å²) in [5.74, 6) is 0.845. The predicted molar refractivity (Wildman–Crippen MR) is 76.5 cm³/mol. The van der Waals surface area contributed by atoms with Gasteiger partial charge in [-0.15, -0.1) is 0 Å². The normalized spacial score (nSPS) is 19.0. The minimum atomic E-state index is 0.103. The zero-order chi connectivity index (χ0) is 14.0. The molecule has 1 unspecified atom stereocenters. The average molecular weight is 262 g/mol. The van der Waals surface area contributed by atoms with E-state index in [4.69, 9.17) is 0 Å². The predicted octanol–water partition coefficient (Wildman–Crippen LogP) is 1.21. The number of nitrogens with one attached hydrogen (secondary N) is 1. The molecule has 0 spiro atoms. The van der Waals surface area contributed by atoms with Gasteiger partial charge in [-0.1, -0.05) is 0 Å². The van der Waals surface area contributed by atoms with Gasteiger partial charge in [0, 0.05) is 37.4 Å². The van der Waals surface area contributed by atoms with Gasteiger partial charge in [-0.05, 0) is 39.6 Å². The summed E-state index contributed by atoms with van der Waals surface area (Å²) in [6.45, 7) is 3.55. The molecule has 104 valence electrons. The van der Waals surface area contributed by atoms with Crippen molar-refractivity contribution in [3.8, 4) is 0 Å². The summed E-state index contributed by atoms with van der Waals surface area (Å²) in [5.41, 5.74) is 1.58. The highest BCUT2D eigenvalue weighted by Crippen LogP contribution is 2.18. The molecule has 0 aliphatic carbocycles. The Labute approximate surface area is 114 Å². The van der Waals surface area contributed by atoms with Crippen LogP contribution in [0.25, 0.3) is 0 Å². The van der Waals surface area contributed by atoms with E-state index in [9.17, 15) is 4.79 Å². The van der Waals surface area contributed by atoms with Crippen LogP contribution >= 0.6 is 0 Å². The van der Waals surface area contributed by atoms with Gasteiger partial charge in [-0.3, -0.25) is 4.79 Å². The number of carbonyl (C=O) groups excluding carboxylic acids is 1. The van der Waals surface area contributed by atoms with Crippen molar-refractivity contribution in [3.63, 3.8) is 0 Å². The summed E-state index contributed by atoms with van der Waals surface area (Å²) in [4.78, 5) is 20.9. The summed E-state index contributed by atoms with van der Waals surface area (Å²) < 4.78 is 0. The molecule has 1 aromatic heterocycles. The van der Waals surface area contributed by atoms with Crippen molar-refractivity contribution in [1.29, 1.82) is 0 Å². The Bertz CT molecular complexity index is 473. The summed E-state index contributed by atoms with van der Waals surface area (Å²) >= 11 is 0. The van der Waals surface area contributed by atoms with E-state index < -0.39 is 0 Å². The molecule has 0 aromatic carbocycles. The van der Waals surface area contributed by atoms with Crippen LogP contribution in [0.1, 0.15) is 22.5 Å². The van der Waals surface area contributed by atoms with E-state index in [0.29, 0.717) is 6.04 Å². The van der Waals surface area contributed by atoms with Crippen molar-refractivity contribution >= 4 is 11.7 Å². The first-order valence-electron chi connectivity index (χ1n) is 6.63. The maximum absolute atomic E-state index is 12.5. The molecule has 2 heterocycles. The number of hydrogen-bond acceptors (Lipinski definition) is 4. The number of likely N-dealkylation sites (N-methyl/N-ethyl adjacent to an activating group) is 1. The molecular formula is C14H22N4O. The van der Waals surface area contributed by atoms with Crippen LogP contribution in [0, 0.1) is 6.92 Å². The quantitative estimate of drug-likeness (QED) is 0.889. The Morgan fingerprint density at radius 2 is 2.21 bits per heavy atom. The van der Waals surface area contributed by atoms with Crippen molar-refractivity contribution in [1.82, 2.24) is 14.8 Å². The number of pyridine rings is 1. The Morgan fingerprint density at radius 3 is 2.79 bits per heavy atom. The number of anilines is 1. The third-order valence-electron chi connectivity index (χ3n) is 3.64. The fraction of sp³-hybridized carbons (Fsp3) is 0.571. The molecular weight excluding hydrogens is 240 g/mol. The summed E-state index contributed by atoms with van der Waals surface area (Å²) in [7, 11) is 5.94. The largest absolute Gasteiger partial charge is 0.373 e. The SMILES string of the molecule is CNc1cc(C(=O)N2CCC(N(C)C)C2)cc(C)n1. The van der Waals surface area contributed by atoms with Crippen molar-refractivity contribution in [2.24, 2.45) is 0 Å². The van der Waals surface area contributed by atoms with Crippen LogP contribution in [0.2, 0.25) is 0 Å². The zero-order valence-corrected chi connectivity index (χ0v) is 12.1. The van der Waals surface area contributed by atoms with Crippen LogP contribution in [0.15, 0.2) is 12.1 Å². The number of amides is 1. The maximum atomic E-state index is 12.5. The highest BCUT2D eigenvalue weighted by Gasteiger charge is 2.28. The Kier molecular flexibility index (Phi) is 4.04. The topological polar surface area (TPSA) is 48.5 Å². The second kappa shape index (κ2) is 5.57. The van der Waals surface area contributed by atoms with Crippen LogP contribution in [-0.4, -0.2) is 61.0 Å². The highest BCUT2D eigenvalue weighted by molar-refractivity contribution is 5.95. The second-order valence-corrected chi connectivity index (χ2v) is 5.29. The minimum Gasteiger partial charge on any atom is -0.373 e. The third kappa shape index (κ3) is 3.04. The van der Waals surface area contributed by atoms with E-state index >= 15 is 0 Å². The smallest absolute Gasteiger partial charge is 0.254 e. The fourth-order valence-corrected chi connectivity index (χ4v) is 2.45. The van der Waals surface area contributed by atoms with Gasteiger partial charge in [-0.25, -0.2) is 4.98 Å². The number of likely N-dealkylation sites (tertiary alicyclic amines) is 1. The molecule has 0 bridgehead atoms. The second-order valence-electron chi connectivity index (χ2n) is 5.29. The first-order chi connectivity index (χ1) is 9.01. The maximum Gasteiger partial charge on any atom is 0.254 e. The van der Waals surface area contributed by atoms with Crippen LogP contribution in [0.3, 0.4) is 0 Å². The number of nitrogens with zero attached hydrogens (tertiary/aromatic N) is 3. The molecule has 1 aliphatic heterocycles. The van der Waals surface area contributed by atoms with Crippen LogP contribution in [0.5, 0.6) is 0 Å². The van der Waals surface area contributed by atoms with E-state index in [-0.39, 0.29) is 5.91 Å². The van der Waals surface area contributed by atoms with E-state index in [1.165, 1.54) is 0 Å². The molecule has 2 rings (SSSR count).